The van der Waals surface area contributed by atoms with E-state index in [-0.39, 0.29) is 6.85 Å². The highest BCUT2D eigenvalue weighted by Gasteiger charge is 2.44. The zero-order valence-corrected chi connectivity index (χ0v) is 26.7. The fourth-order valence-electron chi connectivity index (χ4n) is 8.66. The van der Waals surface area contributed by atoms with E-state index in [1.807, 2.05) is 6.07 Å². The van der Waals surface area contributed by atoms with E-state index >= 15 is 0 Å². The first-order chi connectivity index (χ1) is 23.6. The van der Waals surface area contributed by atoms with E-state index in [1.165, 1.54) is 82.8 Å². The predicted molar refractivity (Wildman–Crippen MR) is 202 cm³/mol. The second kappa shape index (κ2) is 9.30. The summed E-state index contributed by atoms with van der Waals surface area (Å²) in [4.78, 5) is 2.58. The van der Waals surface area contributed by atoms with E-state index in [9.17, 15) is 0 Å². The van der Waals surface area contributed by atoms with Gasteiger partial charge in [0.25, 0.3) is 0 Å². The molecule has 0 radical (unpaired) electrons. The van der Waals surface area contributed by atoms with Crippen LogP contribution in [0.1, 0.15) is 11.1 Å². The molecule has 0 bridgehead atoms. The second-order valence-corrected chi connectivity index (χ2v) is 13.4. The Labute approximate surface area is 278 Å². The zero-order valence-electron chi connectivity index (χ0n) is 26.7. The molecule has 0 unspecified atom stereocenters. The van der Waals surface area contributed by atoms with Crippen LogP contribution in [0, 0.1) is 13.8 Å². The van der Waals surface area contributed by atoms with E-state index in [1.54, 1.807) is 0 Å². The van der Waals surface area contributed by atoms with Crippen molar-refractivity contribution in [3.8, 4) is 28.1 Å². The molecule has 2 aliphatic rings. The number of hydrogen-bond acceptors (Lipinski definition) is 2. The molecule has 4 heterocycles. The molecule has 2 aliphatic heterocycles. The fraction of sp³-hybridized carbons (Fsp3) is 0.0455. The van der Waals surface area contributed by atoms with Crippen LogP contribution < -0.4 is 15.7 Å². The van der Waals surface area contributed by atoms with Gasteiger partial charge < -0.3 is 13.8 Å². The van der Waals surface area contributed by atoms with Crippen molar-refractivity contribution < 1.29 is 4.42 Å². The molecule has 0 amide bonds. The number of hydrogen-bond donors (Lipinski definition) is 0. The number of rotatable bonds is 2. The predicted octanol–water partition coefficient (Wildman–Crippen LogP) is 10.2. The van der Waals surface area contributed by atoms with Crippen molar-refractivity contribution in [2.24, 2.45) is 0 Å². The van der Waals surface area contributed by atoms with Gasteiger partial charge in [-0.05, 0) is 77.0 Å². The minimum atomic E-state index is -0.0294. The summed E-state index contributed by atoms with van der Waals surface area (Å²) in [5, 5.41) is 6.33. The van der Waals surface area contributed by atoms with Gasteiger partial charge in [-0.1, -0.05) is 109 Å². The largest absolute Gasteiger partial charge is 0.456 e. The molecule has 0 saturated carbocycles. The van der Waals surface area contributed by atoms with Crippen molar-refractivity contribution in [3.05, 3.63) is 151 Å². The van der Waals surface area contributed by atoms with Crippen LogP contribution in [-0.4, -0.2) is 11.4 Å². The number of para-hydroxylation sites is 1. The zero-order chi connectivity index (χ0) is 31.7. The standard InChI is InChI=1S/C44H29BN2O/c1-26-16-19-31(20-17-26)47-36-15-9-8-14-33(36)34-22-27(2)41-42-32-13-7-6-10-28(32)18-21-37(42)46-38-25-40-30(23-35(38)45(47)43(34)44(41)46)24-39(48-40)29-11-4-3-5-12-29/h3-25H,1-2H3. The molecule has 48 heavy (non-hydrogen) atoms. The van der Waals surface area contributed by atoms with Gasteiger partial charge in [0, 0.05) is 50.4 Å². The van der Waals surface area contributed by atoms with Gasteiger partial charge in [-0.25, -0.2) is 0 Å². The fourth-order valence-corrected chi connectivity index (χ4v) is 8.66. The van der Waals surface area contributed by atoms with Crippen molar-refractivity contribution in [2.75, 3.05) is 4.81 Å². The first kappa shape index (κ1) is 26.1. The third-order valence-corrected chi connectivity index (χ3v) is 10.7. The highest BCUT2D eigenvalue weighted by molar-refractivity contribution is 6.94. The topological polar surface area (TPSA) is 21.3 Å². The Balaban J connectivity index is 1.34. The third-order valence-electron chi connectivity index (χ3n) is 10.7. The van der Waals surface area contributed by atoms with E-state index < -0.39 is 0 Å². The molecule has 0 atom stereocenters. The van der Waals surface area contributed by atoms with E-state index in [4.69, 9.17) is 4.42 Å². The van der Waals surface area contributed by atoms with Gasteiger partial charge in [-0.2, -0.15) is 0 Å². The Bertz CT molecular complexity index is 2810. The highest BCUT2D eigenvalue weighted by Crippen LogP contribution is 2.47. The van der Waals surface area contributed by atoms with Crippen molar-refractivity contribution in [2.45, 2.75) is 13.8 Å². The molecule has 11 rings (SSSR count). The van der Waals surface area contributed by atoms with Crippen molar-refractivity contribution >= 4 is 72.7 Å². The number of furan rings is 1. The van der Waals surface area contributed by atoms with E-state index in [0.29, 0.717) is 0 Å². The van der Waals surface area contributed by atoms with Crippen LogP contribution in [0.3, 0.4) is 0 Å². The number of anilines is 2. The Kier molecular flexibility index (Phi) is 5.06. The molecular formula is C44H29BN2O. The summed E-state index contributed by atoms with van der Waals surface area (Å²) in [5.41, 5.74) is 15.9. The Hall–Kier alpha value is -6.00. The first-order valence-corrected chi connectivity index (χ1v) is 16.7. The average Bonchev–Trinajstić information content (AvgIpc) is 3.71. The van der Waals surface area contributed by atoms with Gasteiger partial charge in [-0.3, -0.25) is 0 Å². The summed E-state index contributed by atoms with van der Waals surface area (Å²) >= 11 is 0. The van der Waals surface area contributed by atoms with Gasteiger partial charge in [0.15, 0.2) is 0 Å². The van der Waals surface area contributed by atoms with Crippen LogP contribution in [0.4, 0.5) is 11.4 Å². The van der Waals surface area contributed by atoms with Crippen molar-refractivity contribution in [3.63, 3.8) is 0 Å². The summed E-state index contributed by atoms with van der Waals surface area (Å²) in [7, 11) is 0. The quantitative estimate of drug-likeness (QED) is 0.181. The smallest absolute Gasteiger partial charge is 0.333 e. The molecule has 4 heteroatoms. The maximum absolute atomic E-state index is 6.65. The van der Waals surface area contributed by atoms with Crippen LogP contribution in [0.25, 0.3) is 71.7 Å². The highest BCUT2D eigenvalue weighted by atomic mass is 16.3. The van der Waals surface area contributed by atoms with Crippen LogP contribution in [-0.2, 0) is 0 Å². The monoisotopic (exact) mass is 612 g/mol. The minimum absolute atomic E-state index is 0.0294. The Morgan fingerprint density at radius 1 is 0.604 bits per heavy atom. The summed E-state index contributed by atoms with van der Waals surface area (Å²) in [5.74, 6) is 0.889. The van der Waals surface area contributed by atoms with Crippen LogP contribution in [0.2, 0.25) is 0 Å². The van der Waals surface area contributed by atoms with Gasteiger partial charge in [0.2, 0.25) is 0 Å². The van der Waals surface area contributed by atoms with Gasteiger partial charge in [0.1, 0.15) is 11.3 Å². The maximum Gasteiger partial charge on any atom is 0.333 e. The maximum atomic E-state index is 6.65. The summed E-state index contributed by atoms with van der Waals surface area (Å²) in [6, 6.07) is 51.2. The lowest BCUT2D eigenvalue weighted by Crippen LogP contribution is -2.60. The molecule has 2 aromatic heterocycles. The number of benzene rings is 7. The molecule has 224 valence electrons. The number of aryl methyl sites for hydroxylation is 2. The molecule has 7 aromatic carbocycles. The van der Waals surface area contributed by atoms with Crippen LogP contribution in [0.5, 0.6) is 0 Å². The molecule has 0 spiro atoms. The molecule has 0 aliphatic carbocycles. The van der Waals surface area contributed by atoms with Crippen LogP contribution in [0.15, 0.2) is 144 Å². The van der Waals surface area contributed by atoms with Gasteiger partial charge in [0.05, 0.1) is 11.0 Å². The van der Waals surface area contributed by atoms with E-state index in [0.717, 1.165) is 22.3 Å². The molecule has 0 fully saturated rings. The number of nitrogens with zero attached hydrogens (tertiary/aromatic N) is 2. The lowest BCUT2D eigenvalue weighted by Gasteiger charge is -2.42. The lowest BCUT2D eigenvalue weighted by atomic mass is 9.44. The van der Waals surface area contributed by atoms with Crippen LogP contribution >= 0.6 is 0 Å². The Morgan fingerprint density at radius 2 is 1.40 bits per heavy atom. The average molecular weight is 613 g/mol. The summed E-state index contributed by atoms with van der Waals surface area (Å²) < 4.78 is 9.19. The lowest BCUT2D eigenvalue weighted by molar-refractivity contribution is 0.631. The van der Waals surface area contributed by atoms with Crippen molar-refractivity contribution in [1.29, 1.82) is 0 Å². The normalized spacial score (nSPS) is 13.1. The second-order valence-electron chi connectivity index (χ2n) is 13.4. The van der Waals surface area contributed by atoms with E-state index in [2.05, 4.69) is 157 Å². The first-order valence-electron chi connectivity index (χ1n) is 16.7. The SMILES string of the molecule is Cc1ccc(N2B3c4cc5cc(-c6ccccc6)oc5cc4-n4c5ccc6ccccc6c5c5c(C)cc(c3c54)-c3ccccc32)cc1. The molecule has 0 saturated heterocycles. The summed E-state index contributed by atoms with van der Waals surface area (Å²) in [6.07, 6.45) is 0. The van der Waals surface area contributed by atoms with Gasteiger partial charge >= 0.3 is 6.85 Å². The molecule has 0 N–H and O–H groups in total. The molecule has 9 aromatic rings. The summed E-state index contributed by atoms with van der Waals surface area (Å²) in [6.45, 7) is 4.43. The number of fused-ring (bicyclic) bond motifs is 11. The minimum Gasteiger partial charge on any atom is -0.456 e. The van der Waals surface area contributed by atoms with Crippen molar-refractivity contribution in [1.82, 2.24) is 4.57 Å². The van der Waals surface area contributed by atoms with Gasteiger partial charge in [-0.15, -0.1) is 0 Å². The molecule has 3 nitrogen and oxygen atoms in total. The third kappa shape index (κ3) is 3.34. The number of aromatic nitrogens is 1. The molecular weight excluding hydrogens is 583 g/mol. The Morgan fingerprint density at radius 3 is 2.27 bits per heavy atom.